The second-order valence-electron chi connectivity index (χ2n) is 5.37. The Kier molecular flexibility index (Phi) is 5.29. The Balaban J connectivity index is 1.88. The van der Waals surface area contributed by atoms with E-state index < -0.39 is 0 Å². The normalized spacial score (nSPS) is 15.4. The molecule has 2 heterocycles. The van der Waals surface area contributed by atoms with Crippen LogP contribution in [0.25, 0.3) is 0 Å². The third kappa shape index (κ3) is 4.16. The van der Waals surface area contributed by atoms with Gasteiger partial charge < -0.3 is 15.1 Å². The van der Waals surface area contributed by atoms with Crippen LogP contribution in [0.1, 0.15) is 29.8 Å². The van der Waals surface area contributed by atoms with Gasteiger partial charge in [0.2, 0.25) is 0 Å². The Morgan fingerprint density at radius 2 is 2.00 bits per heavy atom. The van der Waals surface area contributed by atoms with E-state index in [0.29, 0.717) is 11.5 Å². The third-order valence-corrected chi connectivity index (χ3v) is 3.38. The second-order valence-corrected chi connectivity index (χ2v) is 5.37. The Hall–Kier alpha value is -1.69. The minimum Gasteiger partial charge on any atom is -0.368 e. The molecule has 6 nitrogen and oxygen atoms in total. The Morgan fingerprint density at radius 3 is 2.60 bits per heavy atom. The van der Waals surface area contributed by atoms with Gasteiger partial charge in [-0.15, -0.1) is 0 Å². The second kappa shape index (κ2) is 7.19. The Bertz CT molecular complexity index is 426. The van der Waals surface area contributed by atoms with Crippen LogP contribution in [0.4, 0.5) is 5.82 Å². The van der Waals surface area contributed by atoms with E-state index in [1.807, 2.05) is 19.0 Å². The van der Waals surface area contributed by atoms with Gasteiger partial charge in [0.25, 0.3) is 5.91 Å². The number of anilines is 1. The molecule has 1 saturated heterocycles. The van der Waals surface area contributed by atoms with Crippen LogP contribution >= 0.6 is 0 Å². The van der Waals surface area contributed by atoms with Crippen LogP contribution in [0.15, 0.2) is 12.4 Å². The molecule has 20 heavy (non-hydrogen) atoms. The molecule has 6 heteroatoms. The minimum absolute atomic E-state index is 0.00274. The van der Waals surface area contributed by atoms with Gasteiger partial charge in [-0.3, -0.25) is 4.79 Å². The summed E-state index contributed by atoms with van der Waals surface area (Å²) in [5.74, 6) is 0.707. The van der Waals surface area contributed by atoms with Crippen molar-refractivity contribution < 1.29 is 4.79 Å². The quantitative estimate of drug-likeness (QED) is 0.872. The summed E-state index contributed by atoms with van der Waals surface area (Å²) >= 11 is 0. The molecule has 0 aromatic carbocycles. The standard InChI is InChI=1S/C14H23N5O/c1-18(2)9-6-15-13-11-16-12(10-17-13)14(20)19-7-4-3-5-8-19/h10-11H,3-9H2,1-2H3,(H,15,17). The van der Waals surface area contributed by atoms with Crippen LogP contribution < -0.4 is 5.32 Å². The zero-order valence-corrected chi connectivity index (χ0v) is 12.3. The molecule has 0 radical (unpaired) electrons. The van der Waals surface area contributed by atoms with Crippen LogP contribution in [0.3, 0.4) is 0 Å². The third-order valence-electron chi connectivity index (χ3n) is 3.38. The first-order valence-electron chi connectivity index (χ1n) is 7.17. The van der Waals surface area contributed by atoms with Crippen molar-refractivity contribution in [1.82, 2.24) is 19.8 Å². The summed E-state index contributed by atoms with van der Waals surface area (Å²) in [7, 11) is 4.04. The van der Waals surface area contributed by atoms with Gasteiger partial charge >= 0.3 is 0 Å². The van der Waals surface area contributed by atoms with Gasteiger partial charge in [-0.25, -0.2) is 9.97 Å². The van der Waals surface area contributed by atoms with Gasteiger partial charge in [-0.2, -0.15) is 0 Å². The summed E-state index contributed by atoms with van der Waals surface area (Å²) in [4.78, 5) is 24.6. The lowest BCUT2D eigenvalue weighted by Crippen LogP contribution is -2.36. The number of aromatic nitrogens is 2. The molecular formula is C14H23N5O. The van der Waals surface area contributed by atoms with Crippen LogP contribution in [-0.4, -0.2) is 65.9 Å². The van der Waals surface area contributed by atoms with Gasteiger partial charge in [0.15, 0.2) is 0 Å². The van der Waals surface area contributed by atoms with E-state index in [2.05, 4.69) is 20.2 Å². The maximum Gasteiger partial charge on any atom is 0.274 e. The SMILES string of the molecule is CN(C)CCNc1cnc(C(=O)N2CCCCC2)cn1. The summed E-state index contributed by atoms with van der Waals surface area (Å²) in [5.41, 5.74) is 0.435. The number of hydrogen-bond acceptors (Lipinski definition) is 5. The topological polar surface area (TPSA) is 61.4 Å². The predicted molar refractivity (Wildman–Crippen MR) is 78.8 cm³/mol. The molecule has 1 aliphatic heterocycles. The van der Waals surface area contributed by atoms with Gasteiger partial charge in [0.1, 0.15) is 11.5 Å². The lowest BCUT2D eigenvalue weighted by Gasteiger charge is -2.26. The highest BCUT2D eigenvalue weighted by Crippen LogP contribution is 2.12. The summed E-state index contributed by atoms with van der Waals surface area (Å²) in [5, 5.41) is 3.18. The Labute approximate surface area is 120 Å². The summed E-state index contributed by atoms with van der Waals surface area (Å²) in [6.45, 7) is 3.41. The van der Waals surface area contributed by atoms with E-state index in [1.54, 1.807) is 12.4 Å². The van der Waals surface area contributed by atoms with E-state index in [1.165, 1.54) is 6.42 Å². The molecule has 0 saturated carbocycles. The summed E-state index contributed by atoms with van der Waals surface area (Å²) < 4.78 is 0. The number of carbonyl (C=O) groups excluding carboxylic acids is 1. The van der Waals surface area contributed by atoms with Crippen molar-refractivity contribution in [2.75, 3.05) is 45.6 Å². The number of hydrogen-bond donors (Lipinski definition) is 1. The van der Waals surface area contributed by atoms with Gasteiger partial charge in [-0.05, 0) is 33.4 Å². The van der Waals surface area contributed by atoms with E-state index in [0.717, 1.165) is 39.0 Å². The number of piperidine rings is 1. The lowest BCUT2D eigenvalue weighted by atomic mass is 10.1. The summed E-state index contributed by atoms with van der Waals surface area (Å²) in [6, 6.07) is 0. The molecule has 110 valence electrons. The maximum absolute atomic E-state index is 12.2. The number of likely N-dealkylation sites (N-methyl/N-ethyl adjacent to an activating group) is 1. The van der Waals surface area contributed by atoms with Crippen molar-refractivity contribution in [3.8, 4) is 0 Å². The number of nitrogens with zero attached hydrogens (tertiary/aromatic N) is 4. The van der Waals surface area contributed by atoms with E-state index >= 15 is 0 Å². The fourth-order valence-corrected chi connectivity index (χ4v) is 2.20. The van der Waals surface area contributed by atoms with Crippen LogP contribution in [-0.2, 0) is 0 Å². The van der Waals surface area contributed by atoms with Crippen molar-refractivity contribution in [3.63, 3.8) is 0 Å². The van der Waals surface area contributed by atoms with Crippen molar-refractivity contribution in [3.05, 3.63) is 18.1 Å². The van der Waals surface area contributed by atoms with Gasteiger partial charge in [0.05, 0.1) is 12.4 Å². The maximum atomic E-state index is 12.2. The zero-order chi connectivity index (χ0) is 14.4. The van der Waals surface area contributed by atoms with Crippen LogP contribution in [0, 0.1) is 0 Å². The van der Waals surface area contributed by atoms with Crippen LogP contribution in [0.2, 0.25) is 0 Å². The molecule has 1 N–H and O–H groups in total. The average Bonchev–Trinajstić information content (AvgIpc) is 2.48. The van der Waals surface area contributed by atoms with E-state index in [9.17, 15) is 4.79 Å². The predicted octanol–water partition coefficient (Wildman–Crippen LogP) is 1.08. The monoisotopic (exact) mass is 277 g/mol. The minimum atomic E-state index is -0.00274. The van der Waals surface area contributed by atoms with Crippen molar-refractivity contribution in [2.24, 2.45) is 0 Å². The first-order chi connectivity index (χ1) is 9.66. The van der Waals surface area contributed by atoms with Crippen molar-refractivity contribution in [2.45, 2.75) is 19.3 Å². The number of carbonyl (C=O) groups is 1. The molecule has 1 aromatic rings. The highest BCUT2D eigenvalue weighted by atomic mass is 16.2. The number of amides is 1. The fourth-order valence-electron chi connectivity index (χ4n) is 2.20. The molecule has 1 amide bonds. The average molecular weight is 277 g/mol. The number of nitrogens with one attached hydrogen (secondary N) is 1. The highest BCUT2D eigenvalue weighted by molar-refractivity contribution is 5.92. The molecule has 2 rings (SSSR count). The lowest BCUT2D eigenvalue weighted by molar-refractivity contribution is 0.0718. The van der Waals surface area contributed by atoms with Crippen LogP contribution in [0.5, 0.6) is 0 Å². The van der Waals surface area contributed by atoms with E-state index in [-0.39, 0.29) is 5.91 Å². The molecule has 0 spiro atoms. The molecule has 1 fully saturated rings. The molecule has 0 unspecified atom stereocenters. The number of rotatable bonds is 5. The number of likely N-dealkylation sites (tertiary alicyclic amines) is 1. The van der Waals surface area contributed by atoms with Crippen molar-refractivity contribution in [1.29, 1.82) is 0 Å². The summed E-state index contributed by atoms with van der Waals surface area (Å²) in [6.07, 6.45) is 6.58. The fraction of sp³-hybridized carbons (Fsp3) is 0.643. The first-order valence-corrected chi connectivity index (χ1v) is 7.17. The largest absolute Gasteiger partial charge is 0.368 e. The smallest absolute Gasteiger partial charge is 0.274 e. The highest BCUT2D eigenvalue weighted by Gasteiger charge is 2.19. The molecule has 0 aliphatic carbocycles. The zero-order valence-electron chi connectivity index (χ0n) is 12.3. The molecular weight excluding hydrogens is 254 g/mol. The first kappa shape index (κ1) is 14.7. The van der Waals surface area contributed by atoms with Gasteiger partial charge in [-0.1, -0.05) is 0 Å². The Morgan fingerprint density at radius 1 is 1.25 bits per heavy atom. The molecule has 0 atom stereocenters. The molecule has 1 aromatic heterocycles. The molecule has 1 aliphatic rings. The van der Waals surface area contributed by atoms with Crippen molar-refractivity contribution >= 4 is 11.7 Å². The van der Waals surface area contributed by atoms with E-state index in [4.69, 9.17) is 0 Å². The van der Waals surface area contributed by atoms with Gasteiger partial charge in [0, 0.05) is 26.2 Å². The molecule has 0 bridgehead atoms.